The van der Waals surface area contributed by atoms with Gasteiger partial charge in [0.1, 0.15) is 5.54 Å². The van der Waals surface area contributed by atoms with Gasteiger partial charge in [-0.25, -0.2) is 4.39 Å². The molecule has 5 heteroatoms. The van der Waals surface area contributed by atoms with Gasteiger partial charge in [0.25, 0.3) is 0 Å². The third-order valence-electron chi connectivity index (χ3n) is 3.26. The zero-order valence-corrected chi connectivity index (χ0v) is 12.6. The number of nitrogens with one attached hydrogen (secondary N) is 1. The molecule has 0 bridgehead atoms. The SMILES string of the molecule is CCCNC(C)(C#N)CCCCOc1cccc(F)c1F. The summed E-state index contributed by atoms with van der Waals surface area (Å²) in [6.07, 6.45) is 3.12. The first-order valence-corrected chi connectivity index (χ1v) is 7.25. The second kappa shape index (κ2) is 8.58. The predicted molar refractivity (Wildman–Crippen MR) is 78.0 cm³/mol. The standard InChI is InChI=1S/C16H22F2N2O/c1-3-10-20-16(2,12-19)9-4-5-11-21-14-8-6-7-13(17)15(14)18/h6-8,20H,3-5,9-11H2,1-2H3. The van der Waals surface area contributed by atoms with E-state index >= 15 is 0 Å². The number of nitriles is 1. The van der Waals surface area contributed by atoms with Crippen molar-refractivity contribution in [2.24, 2.45) is 0 Å². The van der Waals surface area contributed by atoms with Crippen molar-refractivity contribution in [2.75, 3.05) is 13.2 Å². The van der Waals surface area contributed by atoms with Crippen LogP contribution >= 0.6 is 0 Å². The molecule has 0 aromatic heterocycles. The first-order valence-electron chi connectivity index (χ1n) is 7.25. The third-order valence-corrected chi connectivity index (χ3v) is 3.26. The summed E-state index contributed by atoms with van der Waals surface area (Å²) in [5, 5.41) is 12.4. The molecule has 0 fully saturated rings. The summed E-state index contributed by atoms with van der Waals surface area (Å²) < 4.78 is 31.5. The Morgan fingerprint density at radius 2 is 2.10 bits per heavy atom. The van der Waals surface area contributed by atoms with Crippen LogP contribution in [0.4, 0.5) is 8.78 Å². The lowest BCUT2D eigenvalue weighted by atomic mass is 9.96. The number of unbranched alkanes of at least 4 members (excludes halogenated alkanes) is 1. The van der Waals surface area contributed by atoms with Crippen LogP contribution in [-0.2, 0) is 0 Å². The highest BCUT2D eigenvalue weighted by Gasteiger charge is 2.21. The summed E-state index contributed by atoms with van der Waals surface area (Å²) in [5.41, 5.74) is -0.542. The molecule has 1 atom stereocenters. The Labute approximate surface area is 124 Å². The van der Waals surface area contributed by atoms with Crippen LogP contribution in [0.3, 0.4) is 0 Å². The van der Waals surface area contributed by atoms with Crippen molar-refractivity contribution < 1.29 is 13.5 Å². The number of rotatable bonds is 9. The lowest BCUT2D eigenvalue weighted by Gasteiger charge is -2.22. The average molecular weight is 296 g/mol. The van der Waals surface area contributed by atoms with Gasteiger partial charge in [0.15, 0.2) is 11.6 Å². The topological polar surface area (TPSA) is 45.0 Å². The number of ether oxygens (including phenoxy) is 1. The number of hydrogen-bond donors (Lipinski definition) is 1. The van der Waals surface area contributed by atoms with Crippen LogP contribution in [-0.4, -0.2) is 18.7 Å². The predicted octanol–water partition coefficient (Wildman–Crippen LogP) is 3.80. The zero-order chi connectivity index (χ0) is 15.7. The molecule has 0 aliphatic heterocycles. The fourth-order valence-corrected chi connectivity index (χ4v) is 1.94. The molecule has 0 amide bonds. The van der Waals surface area contributed by atoms with E-state index in [0.29, 0.717) is 19.4 Å². The molecule has 0 saturated heterocycles. The summed E-state index contributed by atoms with van der Waals surface area (Å²) in [6.45, 7) is 5.02. The van der Waals surface area contributed by atoms with E-state index in [-0.39, 0.29) is 5.75 Å². The number of benzene rings is 1. The molecule has 1 aromatic carbocycles. The number of hydrogen-bond acceptors (Lipinski definition) is 3. The van der Waals surface area contributed by atoms with Gasteiger partial charge in [-0.05, 0) is 51.3 Å². The monoisotopic (exact) mass is 296 g/mol. The minimum absolute atomic E-state index is 0.0675. The average Bonchev–Trinajstić information content (AvgIpc) is 2.49. The quantitative estimate of drug-likeness (QED) is 0.705. The first kappa shape index (κ1) is 17.4. The van der Waals surface area contributed by atoms with E-state index in [1.807, 2.05) is 13.8 Å². The number of nitrogens with zero attached hydrogens (tertiary/aromatic N) is 1. The van der Waals surface area contributed by atoms with Crippen molar-refractivity contribution in [2.45, 2.75) is 45.1 Å². The van der Waals surface area contributed by atoms with Crippen molar-refractivity contribution in [3.63, 3.8) is 0 Å². The van der Waals surface area contributed by atoms with Crippen molar-refractivity contribution in [1.82, 2.24) is 5.32 Å². The fraction of sp³-hybridized carbons (Fsp3) is 0.562. The smallest absolute Gasteiger partial charge is 0.200 e. The van der Waals surface area contributed by atoms with Crippen LogP contribution in [0.2, 0.25) is 0 Å². The zero-order valence-electron chi connectivity index (χ0n) is 12.6. The Morgan fingerprint density at radius 1 is 1.33 bits per heavy atom. The van der Waals surface area contributed by atoms with Crippen molar-refractivity contribution in [3.05, 3.63) is 29.8 Å². The fourth-order valence-electron chi connectivity index (χ4n) is 1.94. The van der Waals surface area contributed by atoms with E-state index in [9.17, 15) is 14.0 Å². The molecule has 0 saturated carbocycles. The Kier molecular flexibility index (Phi) is 7.10. The summed E-state index contributed by atoms with van der Waals surface area (Å²) in [6, 6.07) is 6.15. The van der Waals surface area contributed by atoms with Crippen molar-refractivity contribution in [1.29, 1.82) is 5.26 Å². The second-order valence-corrected chi connectivity index (χ2v) is 5.23. The van der Waals surface area contributed by atoms with E-state index in [2.05, 4.69) is 11.4 Å². The van der Waals surface area contributed by atoms with E-state index in [1.54, 1.807) is 0 Å². The van der Waals surface area contributed by atoms with E-state index in [4.69, 9.17) is 4.74 Å². The lowest BCUT2D eigenvalue weighted by molar-refractivity contribution is 0.278. The molecule has 0 radical (unpaired) electrons. The van der Waals surface area contributed by atoms with Crippen LogP contribution in [0.15, 0.2) is 18.2 Å². The summed E-state index contributed by atoms with van der Waals surface area (Å²) in [4.78, 5) is 0. The lowest BCUT2D eigenvalue weighted by Crippen LogP contribution is -2.41. The highest BCUT2D eigenvalue weighted by molar-refractivity contribution is 5.24. The molecule has 0 aliphatic rings. The minimum atomic E-state index is -0.955. The Hall–Kier alpha value is -1.67. The molecule has 1 unspecified atom stereocenters. The highest BCUT2D eigenvalue weighted by atomic mass is 19.2. The van der Waals surface area contributed by atoms with Gasteiger partial charge in [0.05, 0.1) is 12.7 Å². The van der Waals surface area contributed by atoms with Gasteiger partial charge in [0.2, 0.25) is 5.82 Å². The largest absolute Gasteiger partial charge is 0.490 e. The van der Waals surface area contributed by atoms with Crippen molar-refractivity contribution >= 4 is 0 Å². The van der Waals surface area contributed by atoms with Crippen LogP contribution < -0.4 is 10.1 Å². The molecule has 0 aliphatic carbocycles. The first-order chi connectivity index (χ1) is 10.0. The Morgan fingerprint density at radius 3 is 2.76 bits per heavy atom. The van der Waals surface area contributed by atoms with Crippen molar-refractivity contribution in [3.8, 4) is 11.8 Å². The molecule has 1 N–H and O–H groups in total. The summed E-state index contributed by atoms with van der Waals surface area (Å²) >= 11 is 0. The highest BCUT2D eigenvalue weighted by Crippen LogP contribution is 2.20. The summed E-state index contributed by atoms with van der Waals surface area (Å²) in [7, 11) is 0. The molecular weight excluding hydrogens is 274 g/mol. The molecule has 116 valence electrons. The van der Waals surface area contributed by atoms with Gasteiger partial charge in [-0.1, -0.05) is 13.0 Å². The molecule has 1 rings (SSSR count). The van der Waals surface area contributed by atoms with Gasteiger partial charge in [-0.3, -0.25) is 5.32 Å². The molecule has 3 nitrogen and oxygen atoms in total. The van der Waals surface area contributed by atoms with E-state index in [1.165, 1.54) is 12.1 Å². The van der Waals surface area contributed by atoms with E-state index in [0.717, 1.165) is 25.5 Å². The molecule has 0 spiro atoms. The normalized spacial score (nSPS) is 13.5. The third kappa shape index (κ3) is 5.68. The second-order valence-electron chi connectivity index (χ2n) is 5.23. The maximum absolute atomic E-state index is 13.3. The summed E-state index contributed by atoms with van der Waals surface area (Å²) in [5.74, 6) is -1.93. The van der Waals surface area contributed by atoms with Gasteiger partial charge >= 0.3 is 0 Å². The minimum Gasteiger partial charge on any atom is -0.490 e. The maximum atomic E-state index is 13.3. The van der Waals surface area contributed by atoms with Gasteiger partial charge in [0, 0.05) is 0 Å². The van der Waals surface area contributed by atoms with Crippen LogP contribution in [0, 0.1) is 23.0 Å². The number of halogens is 2. The molecule has 21 heavy (non-hydrogen) atoms. The maximum Gasteiger partial charge on any atom is 0.200 e. The van der Waals surface area contributed by atoms with Crippen LogP contribution in [0.25, 0.3) is 0 Å². The molecular formula is C16H22F2N2O. The van der Waals surface area contributed by atoms with Crippen LogP contribution in [0.5, 0.6) is 5.75 Å². The van der Waals surface area contributed by atoms with Gasteiger partial charge in [-0.15, -0.1) is 0 Å². The Bertz CT molecular complexity index is 488. The van der Waals surface area contributed by atoms with Gasteiger partial charge in [-0.2, -0.15) is 9.65 Å². The van der Waals surface area contributed by atoms with Crippen LogP contribution in [0.1, 0.15) is 39.5 Å². The van der Waals surface area contributed by atoms with Gasteiger partial charge < -0.3 is 4.74 Å². The Balaban J connectivity index is 2.31. The van der Waals surface area contributed by atoms with E-state index < -0.39 is 17.2 Å². The molecule has 0 heterocycles. The molecule has 1 aromatic rings.